The number of carbonyl (C=O) groups excluding carboxylic acids is 1. The van der Waals surface area contributed by atoms with Gasteiger partial charge in [0.25, 0.3) is 0 Å². The van der Waals surface area contributed by atoms with Crippen LogP contribution in [0.4, 0.5) is 0 Å². The highest BCUT2D eigenvalue weighted by molar-refractivity contribution is 6.03. The number of fused-ring (bicyclic) bond motifs is 1. The van der Waals surface area contributed by atoms with Crippen molar-refractivity contribution < 1.29 is 9.90 Å². The molecule has 3 nitrogen and oxygen atoms in total. The van der Waals surface area contributed by atoms with E-state index in [1.54, 1.807) is 13.0 Å². The summed E-state index contributed by atoms with van der Waals surface area (Å²) >= 11 is 0. The van der Waals surface area contributed by atoms with Gasteiger partial charge in [0.2, 0.25) is 0 Å². The van der Waals surface area contributed by atoms with E-state index in [0.29, 0.717) is 11.1 Å². The zero-order chi connectivity index (χ0) is 9.42. The van der Waals surface area contributed by atoms with Crippen LogP contribution in [0.1, 0.15) is 16.1 Å². The molecule has 0 spiro atoms. The molecule has 0 amide bonds. The fourth-order valence-electron chi connectivity index (χ4n) is 1.54. The van der Waals surface area contributed by atoms with Gasteiger partial charge in [0, 0.05) is 22.2 Å². The van der Waals surface area contributed by atoms with Crippen LogP contribution < -0.4 is 5.11 Å². The van der Waals surface area contributed by atoms with Gasteiger partial charge in [0.05, 0.1) is 5.97 Å². The summed E-state index contributed by atoms with van der Waals surface area (Å²) in [4.78, 5) is 13.8. The quantitative estimate of drug-likeness (QED) is 0.696. The van der Waals surface area contributed by atoms with E-state index in [-0.39, 0.29) is 5.56 Å². The van der Waals surface area contributed by atoms with Crippen LogP contribution in [0.15, 0.2) is 24.3 Å². The first-order chi connectivity index (χ1) is 6.20. The van der Waals surface area contributed by atoms with E-state index in [4.69, 9.17) is 0 Å². The molecule has 0 aliphatic heterocycles. The van der Waals surface area contributed by atoms with Crippen molar-refractivity contribution in [1.29, 1.82) is 0 Å². The molecule has 0 radical (unpaired) electrons. The summed E-state index contributed by atoms with van der Waals surface area (Å²) in [6.07, 6.45) is 0. The summed E-state index contributed by atoms with van der Waals surface area (Å²) in [5.74, 6) is -1.13. The van der Waals surface area contributed by atoms with Crippen LogP contribution in [0.5, 0.6) is 0 Å². The third-order valence-corrected chi connectivity index (χ3v) is 2.10. The van der Waals surface area contributed by atoms with Gasteiger partial charge in [0.15, 0.2) is 0 Å². The lowest BCUT2D eigenvalue weighted by Gasteiger charge is -2.00. The van der Waals surface area contributed by atoms with Crippen LogP contribution in [0.25, 0.3) is 10.9 Å². The maximum Gasteiger partial charge on any atom is 0.0739 e. The van der Waals surface area contributed by atoms with E-state index in [9.17, 15) is 9.90 Å². The number of para-hydroxylation sites is 1. The summed E-state index contributed by atoms with van der Waals surface area (Å²) in [5, 5.41) is 11.5. The third kappa shape index (κ3) is 1.09. The topological polar surface area (TPSA) is 55.9 Å². The second-order valence-electron chi connectivity index (χ2n) is 2.96. The molecule has 1 heterocycles. The predicted molar refractivity (Wildman–Crippen MR) is 47.4 cm³/mol. The smallest absolute Gasteiger partial charge is 0.0739 e. The van der Waals surface area contributed by atoms with E-state index in [0.717, 1.165) is 5.52 Å². The van der Waals surface area contributed by atoms with Crippen molar-refractivity contribution in [3.8, 4) is 0 Å². The molecular weight excluding hydrogens is 166 g/mol. The van der Waals surface area contributed by atoms with Crippen molar-refractivity contribution in [3.63, 3.8) is 0 Å². The maximum atomic E-state index is 10.8. The number of carboxylic acid groups (broad SMARTS) is 1. The first-order valence-corrected chi connectivity index (χ1v) is 3.99. The second-order valence-corrected chi connectivity index (χ2v) is 2.96. The number of H-pyrrole nitrogens is 1. The molecule has 3 heteroatoms. The van der Waals surface area contributed by atoms with Crippen molar-refractivity contribution in [2.75, 3.05) is 0 Å². The first-order valence-electron chi connectivity index (χ1n) is 3.99. The van der Waals surface area contributed by atoms with Crippen LogP contribution >= 0.6 is 0 Å². The highest BCUT2D eigenvalue weighted by Gasteiger charge is 2.07. The SMILES string of the molecule is Cc1[nH]c2ccccc2c1C(=O)[O-]. The summed E-state index contributed by atoms with van der Waals surface area (Å²) in [6.45, 7) is 1.73. The third-order valence-electron chi connectivity index (χ3n) is 2.10. The number of benzene rings is 1. The number of hydrogen-bond acceptors (Lipinski definition) is 2. The number of aromatic nitrogens is 1. The molecule has 0 fully saturated rings. The van der Waals surface area contributed by atoms with Crippen molar-refractivity contribution in [3.05, 3.63) is 35.5 Å². The second kappa shape index (κ2) is 2.62. The van der Waals surface area contributed by atoms with Crippen molar-refractivity contribution >= 4 is 16.9 Å². The Bertz CT molecular complexity index is 471. The molecule has 0 saturated heterocycles. The molecule has 1 aromatic heterocycles. The molecule has 66 valence electrons. The highest BCUT2D eigenvalue weighted by Crippen LogP contribution is 2.20. The maximum absolute atomic E-state index is 10.8. The molecule has 0 atom stereocenters. The monoisotopic (exact) mass is 174 g/mol. The van der Waals surface area contributed by atoms with Gasteiger partial charge < -0.3 is 14.9 Å². The van der Waals surface area contributed by atoms with Gasteiger partial charge in [0.1, 0.15) is 0 Å². The normalized spacial score (nSPS) is 10.5. The van der Waals surface area contributed by atoms with Gasteiger partial charge in [-0.25, -0.2) is 0 Å². The molecule has 0 bridgehead atoms. The van der Waals surface area contributed by atoms with Gasteiger partial charge in [-0.2, -0.15) is 0 Å². The minimum Gasteiger partial charge on any atom is -0.545 e. The van der Waals surface area contributed by atoms with Gasteiger partial charge in [-0.15, -0.1) is 0 Å². The Hall–Kier alpha value is -1.77. The number of hydrogen-bond donors (Lipinski definition) is 1. The zero-order valence-electron chi connectivity index (χ0n) is 7.13. The molecular formula is C10H8NO2-. The first kappa shape index (κ1) is 7.86. The van der Waals surface area contributed by atoms with E-state index >= 15 is 0 Å². The van der Waals surface area contributed by atoms with E-state index in [2.05, 4.69) is 4.98 Å². The number of rotatable bonds is 1. The number of carbonyl (C=O) groups is 1. The van der Waals surface area contributed by atoms with Crippen LogP contribution in [0, 0.1) is 6.92 Å². The minimum absolute atomic E-state index is 0.260. The molecule has 0 aliphatic rings. The minimum atomic E-state index is -1.13. The molecule has 2 rings (SSSR count). The molecule has 1 aromatic carbocycles. The molecule has 0 aliphatic carbocycles. The van der Waals surface area contributed by atoms with Crippen molar-refractivity contribution in [2.24, 2.45) is 0 Å². The van der Waals surface area contributed by atoms with Crippen LogP contribution in [0.2, 0.25) is 0 Å². The van der Waals surface area contributed by atoms with E-state index < -0.39 is 5.97 Å². The Balaban J connectivity index is 2.86. The van der Waals surface area contributed by atoms with Gasteiger partial charge in [-0.1, -0.05) is 18.2 Å². The summed E-state index contributed by atoms with van der Waals surface area (Å²) in [7, 11) is 0. The Morgan fingerprint density at radius 2 is 2.08 bits per heavy atom. The Morgan fingerprint density at radius 3 is 2.77 bits per heavy atom. The Labute approximate surface area is 75.0 Å². The van der Waals surface area contributed by atoms with E-state index in [1.165, 1.54) is 0 Å². The molecule has 0 saturated carbocycles. The molecule has 13 heavy (non-hydrogen) atoms. The predicted octanol–water partition coefficient (Wildman–Crippen LogP) is 0.840. The fraction of sp³-hybridized carbons (Fsp3) is 0.100. The van der Waals surface area contributed by atoms with Crippen LogP contribution in [-0.4, -0.2) is 11.0 Å². The largest absolute Gasteiger partial charge is 0.545 e. The van der Waals surface area contributed by atoms with Crippen LogP contribution in [0.3, 0.4) is 0 Å². The lowest BCUT2D eigenvalue weighted by Crippen LogP contribution is -2.22. The van der Waals surface area contributed by atoms with Crippen LogP contribution in [-0.2, 0) is 0 Å². The summed E-state index contributed by atoms with van der Waals surface area (Å²) < 4.78 is 0. The number of aryl methyl sites for hydroxylation is 1. The fourth-order valence-corrected chi connectivity index (χ4v) is 1.54. The Kier molecular flexibility index (Phi) is 1.59. The lowest BCUT2D eigenvalue weighted by molar-refractivity contribution is -0.254. The number of aromatic amines is 1. The Morgan fingerprint density at radius 1 is 1.38 bits per heavy atom. The van der Waals surface area contributed by atoms with E-state index in [1.807, 2.05) is 18.2 Å². The van der Waals surface area contributed by atoms with Crippen molar-refractivity contribution in [2.45, 2.75) is 6.92 Å². The number of aromatic carboxylic acids is 1. The van der Waals surface area contributed by atoms with Crippen molar-refractivity contribution in [1.82, 2.24) is 4.98 Å². The molecule has 2 aromatic rings. The lowest BCUT2D eigenvalue weighted by atomic mass is 10.1. The highest BCUT2D eigenvalue weighted by atomic mass is 16.4. The van der Waals surface area contributed by atoms with Gasteiger partial charge >= 0.3 is 0 Å². The molecule has 1 N–H and O–H groups in total. The standard InChI is InChI=1S/C10H9NO2/c1-6-9(10(12)13)7-4-2-3-5-8(7)11-6/h2-5,11H,1H3,(H,12,13)/p-1. The molecule has 0 unspecified atom stereocenters. The van der Waals surface area contributed by atoms with Gasteiger partial charge in [-0.3, -0.25) is 0 Å². The number of carboxylic acids is 1. The average Bonchev–Trinajstić information content (AvgIpc) is 2.39. The van der Waals surface area contributed by atoms with Gasteiger partial charge in [-0.05, 0) is 13.0 Å². The summed E-state index contributed by atoms with van der Waals surface area (Å²) in [5.41, 5.74) is 1.73. The number of nitrogens with one attached hydrogen (secondary N) is 1. The summed E-state index contributed by atoms with van der Waals surface area (Å²) in [6, 6.07) is 7.28. The average molecular weight is 174 g/mol. The zero-order valence-corrected chi connectivity index (χ0v) is 7.13.